The second kappa shape index (κ2) is 6.26. The zero-order valence-corrected chi connectivity index (χ0v) is 14.0. The number of benzene rings is 1. The van der Waals surface area contributed by atoms with Crippen molar-refractivity contribution in [3.8, 4) is 0 Å². The Morgan fingerprint density at radius 2 is 2.04 bits per heavy atom. The van der Waals surface area contributed by atoms with E-state index >= 15 is 0 Å². The van der Waals surface area contributed by atoms with Gasteiger partial charge >= 0.3 is 17.8 Å². The molecular weight excluding hydrogens is 336 g/mol. The Hall–Kier alpha value is -3.20. The van der Waals surface area contributed by atoms with E-state index in [4.69, 9.17) is 5.73 Å². The highest BCUT2D eigenvalue weighted by Crippen LogP contribution is 2.21. The Morgan fingerprint density at radius 3 is 2.85 bits per heavy atom. The van der Waals surface area contributed by atoms with E-state index in [1.165, 1.54) is 4.90 Å². The SMILES string of the molecule is NC(=O)N1NC(=O)C(=O)N2CCN(Cc3cccc4cccnc34)CC21. The summed E-state index contributed by atoms with van der Waals surface area (Å²) < 4.78 is 0. The van der Waals surface area contributed by atoms with E-state index in [1.54, 1.807) is 6.20 Å². The molecule has 9 nitrogen and oxygen atoms in total. The first-order valence-electron chi connectivity index (χ1n) is 8.30. The number of hydrogen-bond acceptors (Lipinski definition) is 5. The molecule has 134 valence electrons. The first kappa shape index (κ1) is 16.3. The van der Waals surface area contributed by atoms with E-state index in [1.807, 2.05) is 30.3 Å². The van der Waals surface area contributed by atoms with Gasteiger partial charge in [-0.1, -0.05) is 24.3 Å². The largest absolute Gasteiger partial charge is 0.350 e. The third-order valence-corrected chi connectivity index (χ3v) is 4.76. The zero-order valence-electron chi connectivity index (χ0n) is 14.0. The third-order valence-electron chi connectivity index (χ3n) is 4.76. The highest BCUT2D eigenvalue weighted by Gasteiger charge is 2.43. The zero-order chi connectivity index (χ0) is 18.3. The second-order valence-corrected chi connectivity index (χ2v) is 6.36. The van der Waals surface area contributed by atoms with Crippen molar-refractivity contribution in [1.29, 1.82) is 0 Å². The molecular formula is C17H18N6O3. The molecule has 26 heavy (non-hydrogen) atoms. The first-order valence-corrected chi connectivity index (χ1v) is 8.30. The Balaban J connectivity index is 1.57. The number of para-hydroxylation sites is 1. The van der Waals surface area contributed by atoms with Crippen LogP contribution in [0.5, 0.6) is 0 Å². The van der Waals surface area contributed by atoms with Crippen molar-refractivity contribution in [3.63, 3.8) is 0 Å². The smallest absolute Gasteiger partial charge is 0.335 e. The van der Waals surface area contributed by atoms with E-state index < -0.39 is 24.0 Å². The predicted octanol–water partition coefficient (Wildman–Crippen LogP) is -0.369. The van der Waals surface area contributed by atoms with Crippen LogP contribution >= 0.6 is 0 Å². The molecule has 1 atom stereocenters. The van der Waals surface area contributed by atoms with Gasteiger partial charge in [0.05, 0.1) is 5.52 Å². The van der Waals surface area contributed by atoms with Crippen LogP contribution in [0.25, 0.3) is 10.9 Å². The van der Waals surface area contributed by atoms with Gasteiger partial charge in [-0.2, -0.15) is 0 Å². The fourth-order valence-corrected chi connectivity index (χ4v) is 3.52. The summed E-state index contributed by atoms with van der Waals surface area (Å²) in [4.78, 5) is 43.4. The number of carbonyl (C=O) groups excluding carboxylic acids is 3. The molecule has 9 heteroatoms. The molecule has 0 bridgehead atoms. The molecule has 2 aliphatic heterocycles. The molecule has 1 unspecified atom stereocenters. The molecule has 4 amide bonds. The molecule has 2 aromatic rings. The summed E-state index contributed by atoms with van der Waals surface area (Å²) in [6.07, 6.45) is 1.14. The lowest BCUT2D eigenvalue weighted by Crippen LogP contribution is -2.73. The van der Waals surface area contributed by atoms with Crippen LogP contribution in [0.1, 0.15) is 5.56 Å². The van der Waals surface area contributed by atoms with Crippen molar-refractivity contribution in [1.82, 2.24) is 25.2 Å². The number of nitrogens with one attached hydrogen (secondary N) is 1. The number of hydrogen-bond donors (Lipinski definition) is 2. The van der Waals surface area contributed by atoms with Gasteiger partial charge in [0.1, 0.15) is 6.17 Å². The van der Waals surface area contributed by atoms with Crippen molar-refractivity contribution >= 4 is 28.7 Å². The van der Waals surface area contributed by atoms with Gasteiger partial charge in [-0.3, -0.25) is 24.9 Å². The van der Waals surface area contributed by atoms with Gasteiger partial charge in [0.2, 0.25) is 0 Å². The van der Waals surface area contributed by atoms with Crippen LogP contribution in [0.3, 0.4) is 0 Å². The Labute approximate surface area is 149 Å². The maximum Gasteiger partial charge on any atom is 0.335 e. The molecule has 1 aromatic heterocycles. The number of amides is 4. The third kappa shape index (κ3) is 2.72. The van der Waals surface area contributed by atoms with Crippen molar-refractivity contribution in [2.24, 2.45) is 5.73 Å². The number of primary amides is 1. The van der Waals surface area contributed by atoms with Crippen LogP contribution in [0, 0.1) is 0 Å². The summed E-state index contributed by atoms with van der Waals surface area (Å²) in [6.45, 7) is 1.94. The number of nitrogens with zero attached hydrogens (tertiary/aromatic N) is 4. The molecule has 3 heterocycles. The van der Waals surface area contributed by atoms with Crippen LogP contribution in [-0.4, -0.2) is 63.4 Å². The van der Waals surface area contributed by atoms with Crippen LogP contribution in [0.4, 0.5) is 4.79 Å². The summed E-state index contributed by atoms with van der Waals surface area (Å²) in [5.74, 6) is -1.48. The van der Waals surface area contributed by atoms with Gasteiger partial charge in [-0.05, 0) is 11.6 Å². The lowest BCUT2D eigenvalue weighted by Gasteiger charge is -2.47. The van der Waals surface area contributed by atoms with Gasteiger partial charge in [0.25, 0.3) is 0 Å². The molecule has 3 N–H and O–H groups in total. The van der Waals surface area contributed by atoms with E-state index in [0.717, 1.165) is 21.5 Å². The van der Waals surface area contributed by atoms with Crippen molar-refractivity contribution in [3.05, 3.63) is 42.1 Å². The van der Waals surface area contributed by atoms with Crippen LogP contribution in [0.2, 0.25) is 0 Å². The topological polar surface area (TPSA) is 112 Å². The number of urea groups is 1. The Kier molecular flexibility index (Phi) is 3.92. The molecule has 1 aromatic carbocycles. The lowest BCUT2D eigenvalue weighted by atomic mass is 10.1. The van der Waals surface area contributed by atoms with Gasteiger partial charge in [0, 0.05) is 37.8 Å². The normalized spacial score (nSPS) is 20.8. The van der Waals surface area contributed by atoms with E-state index in [9.17, 15) is 14.4 Å². The average molecular weight is 354 g/mol. The van der Waals surface area contributed by atoms with Crippen LogP contribution < -0.4 is 11.2 Å². The van der Waals surface area contributed by atoms with Gasteiger partial charge in [0.15, 0.2) is 0 Å². The quantitative estimate of drug-likeness (QED) is 0.715. The van der Waals surface area contributed by atoms with Gasteiger partial charge in [-0.25, -0.2) is 9.80 Å². The van der Waals surface area contributed by atoms with E-state index in [0.29, 0.717) is 26.2 Å². The monoisotopic (exact) mass is 354 g/mol. The van der Waals surface area contributed by atoms with E-state index in [-0.39, 0.29) is 0 Å². The van der Waals surface area contributed by atoms with Crippen LogP contribution in [0.15, 0.2) is 36.5 Å². The summed E-state index contributed by atoms with van der Waals surface area (Å²) in [5.41, 5.74) is 9.62. The number of carbonyl (C=O) groups is 3. The molecule has 0 radical (unpaired) electrons. The van der Waals surface area contributed by atoms with E-state index in [2.05, 4.69) is 15.3 Å². The van der Waals surface area contributed by atoms with Crippen molar-refractivity contribution in [2.45, 2.75) is 12.7 Å². The number of piperazine rings is 1. The Morgan fingerprint density at radius 1 is 1.23 bits per heavy atom. The molecule has 2 aliphatic rings. The Bertz CT molecular complexity index is 894. The fraction of sp³-hybridized carbons (Fsp3) is 0.294. The molecule has 0 spiro atoms. The highest BCUT2D eigenvalue weighted by atomic mass is 16.2. The van der Waals surface area contributed by atoms with Crippen LogP contribution in [-0.2, 0) is 16.1 Å². The second-order valence-electron chi connectivity index (χ2n) is 6.36. The van der Waals surface area contributed by atoms with Crippen molar-refractivity contribution in [2.75, 3.05) is 19.6 Å². The summed E-state index contributed by atoms with van der Waals surface area (Å²) in [6, 6.07) is 9.11. The average Bonchev–Trinajstić information content (AvgIpc) is 2.65. The first-order chi connectivity index (χ1) is 12.5. The molecule has 2 fully saturated rings. The lowest BCUT2D eigenvalue weighted by molar-refractivity contribution is -0.164. The number of nitrogens with two attached hydrogens (primary N) is 1. The predicted molar refractivity (Wildman–Crippen MR) is 92.1 cm³/mol. The number of fused-ring (bicyclic) bond motifs is 2. The van der Waals surface area contributed by atoms with Crippen molar-refractivity contribution < 1.29 is 14.4 Å². The highest BCUT2D eigenvalue weighted by molar-refractivity contribution is 6.35. The minimum Gasteiger partial charge on any atom is -0.350 e. The number of rotatable bonds is 2. The number of aromatic nitrogens is 1. The molecule has 2 saturated heterocycles. The summed E-state index contributed by atoms with van der Waals surface area (Å²) in [5, 5.41) is 2.08. The van der Waals surface area contributed by atoms with Gasteiger partial charge < -0.3 is 10.6 Å². The molecule has 0 saturated carbocycles. The maximum atomic E-state index is 12.1. The van der Waals surface area contributed by atoms with Gasteiger partial charge in [-0.15, -0.1) is 0 Å². The summed E-state index contributed by atoms with van der Waals surface area (Å²) in [7, 11) is 0. The fourth-order valence-electron chi connectivity index (χ4n) is 3.52. The number of hydrazine groups is 1. The maximum absolute atomic E-state index is 12.1. The standard InChI is InChI=1S/C17H18N6O3/c18-17(26)23-13-10-21(7-8-22(13)16(25)15(24)20-23)9-12-4-1-3-11-5-2-6-19-14(11)12/h1-6,13H,7-10H2,(H2,18,26)(H,20,24). The molecule has 4 rings (SSSR count). The number of pyridine rings is 1. The minimum atomic E-state index is -0.841. The summed E-state index contributed by atoms with van der Waals surface area (Å²) >= 11 is 0. The minimum absolute atomic E-state index is 0.346. The molecule has 0 aliphatic carbocycles.